The molecule has 4 heteroatoms. The van der Waals surface area contributed by atoms with Crippen molar-refractivity contribution in [2.24, 2.45) is 5.84 Å². The molecule has 3 aromatic rings. The van der Waals surface area contributed by atoms with Crippen molar-refractivity contribution in [1.29, 1.82) is 0 Å². The predicted octanol–water partition coefficient (Wildman–Crippen LogP) is 3.20. The van der Waals surface area contributed by atoms with Crippen LogP contribution in [0.5, 0.6) is 0 Å². The van der Waals surface area contributed by atoms with Gasteiger partial charge in [0.1, 0.15) is 28.9 Å². The van der Waals surface area contributed by atoms with E-state index in [0.717, 1.165) is 28.2 Å². The average molecular weight is 256 g/mol. The molecule has 3 N–H and O–H groups in total. The van der Waals surface area contributed by atoms with Crippen LogP contribution in [0, 0.1) is 13.8 Å². The number of rotatable bonds is 3. The van der Waals surface area contributed by atoms with E-state index in [4.69, 9.17) is 14.7 Å². The van der Waals surface area contributed by atoms with Crippen LogP contribution in [0.3, 0.4) is 0 Å². The Hall–Kier alpha value is -2.04. The van der Waals surface area contributed by atoms with Gasteiger partial charge in [-0.15, -0.1) is 0 Å². The third-order valence-corrected chi connectivity index (χ3v) is 3.19. The maximum atomic E-state index is 5.84. The first-order valence-electron chi connectivity index (χ1n) is 6.20. The molecule has 1 unspecified atom stereocenters. The van der Waals surface area contributed by atoms with Gasteiger partial charge in [-0.2, -0.15) is 0 Å². The zero-order valence-electron chi connectivity index (χ0n) is 10.9. The monoisotopic (exact) mass is 256 g/mol. The van der Waals surface area contributed by atoms with Crippen LogP contribution < -0.4 is 11.3 Å². The molecule has 0 amide bonds. The number of hydrazine groups is 1. The van der Waals surface area contributed by atoms with E-state index in [-0.39, 0.29) is 6.04 Å². The van der Waals surface area contributed by atoms with E-state index in [0.29, 0.717) is 0 Å². The van der Waals surface area contributed by atoms with Gasteiger partial charge in [0, 0.05) is 5.39 Å². The Morgan fingerprint density at radius 3 is 2.53 bits per heavy atom. The number of fused-ring (bicyclic) bond motifs is 1. The first-order valence-corrected chi connectivity index (χ1v) is 6.20. The van der Waals surface area contributed by atoms with Crippen LogP contribution in [0.2, 0.25) is 0 Å². The summed E-state index contributed by atoms with van der Waals surface area (Å²) in [5, 5.41) is 1.07. The molecule has 4 nitrogen and oxygen atoms in total. The average Bonchev–Trinajstić information content (AvgIpc) is 2.96. The maximum Gasteiger partial charge on any atom is 0.137 e. The van der Waals surface area contributed by atoms with Crippen LogP contribution in [-0.4, -0.2) is 0 Å². The summed E-state index contributed by atoms with van der Waals surface area (Å²) in [6.07, 6.45) is 0. The Kier molecular flexibility index (Phi) is 2.89. The quantitative estimate of drug-likeness (QED) is 0.558. The molecular formula is C15H16N2O2. The van der Waals surface area contributed by atoms with Gasteiger partial charge in [-0.05, 0) is 44.2 Å². The summed E-state index contributed by atoms with van der Waals surface area (Å²) < 4.78 is 11.4. The molecule has 0 saturated carbocycles. The maximum absolute atomic E-state index is 5.84. The van der Waals surface area contributed by atoms with E-state index in [1.165, 1.54) is 5.56 Å². The molecule has 0 aliphatic heterocycles. The first-order chi connectivity index (χ1) is 9.17. The highest BCUT2D eigenvalue weighted by Crippen LogP contribution is 2.29. The normalized spacial score (nSPS) is 13.0. The SMILES string of the molecule is Cc1ccc2oc(C(NN)c3ccc(C)o3)cc2c1. The standard InChI is InChI=1S/C15H16N2O2/c1-9-3-5-12-11(7-9)8-14(19-12)15(17-16)13-6-4-10(2)18-13/h3-8,15,17H,16H2,1-2H3. The molecule has 3 rings (SSSR count). The highest BCUT2D eigenvalue weighted by molar-refractivity contribution is 5.78. The molecule has 0 aliphatic carbocycles. The van der Waals surface area contributed by atoms with E-state index >= 15 is 0 Å². The third kappa shape index (κ3) is 2.16. The molecular weight excluding hydrogens is 240 g/mol. The van der Waals surface area contributed by atoms with Crippen LogP contribution in [-0.2, 0) is 0 Å². The second-order valence-electron chi connectivity index (χ2n) is 4.74. The molecule has 0 spiro atoms. The van der Waals surface area contributed by atoms with Gasteiger partial charge < -0.3 is 8.83 Å². The molecule has 19 heavy (non-hydrogen) atoms. The van der Waals surface area contributed by atoms with Crippen LogP contribution in [0.1, 0.15) is 28.9 Å². The van der Waals surface area contributed by atoms with Crippen molar-refractivity contribution in [3.63, 3.8) is 0 Å². The van der Waals surface area contributed by atoms with E-state index < -0.39 is 0 Å². The molecule has 0 fully saturated rings. The van der Waals surface area contributed by atoms with E-state index in [1.807, 2.05) is 37.3 Å². The van der Waals surface area contributed by atoms with Crippen molar-refractivity contribution in [3.05, 3.63) is 59.2 Å². The highest BCUT2D eigenvalue weighted by atomic mass is 16.4. The molecule has 0 aliphatic rings. The summed E-state index contributed by atoms with van der Waals surface area (Å²) in [6.45, 7) is 3.96. The smallest absolute Gasteiger partial charge is 0.137 e. The summed E-state index contributed by atoms with van der Waals surface area (Å²) in [7, 11) is 0. The second-order valence-corrected chi connectivity index (χ2v) is 4.74. The number of hydrogen-bond donors (Lipinski definition) is 2. The van der Waals surface area contributed by atoms with Gasteiger partial charge in [-0.25, -0.2) is 5.43 Å². The van der Waals surface area contributed by atoms with Gasteiger partial charge >= 0.3 is 0 Å². The minimum atomic E-state index is -0.276. The Balaban J connectivity index is 2.06. The minimum absolute atomic E-state index is 0.276. The fraction of sp³-hybridized carbons (Fsp3) is 0.200. The lowest BCUT2D eigenvalue weighted by Gasteiger charge is -2.09. The first kappa shape index (κ1) is 12.0. The van der Waals surface area contributed by atoms with Gasteiger partial charge in [-0.1, -0.05) is 11.6 Å². The Morgan fingerprint density at radius 1 is 1.00 bits per heavy atom. The molecule has 2 heterocycles. The van der Waals surface area contributed by atoms with Crippen molar-refractivity contribution in [1.82, 2.24) is 5.43 Å². The van der Waals surface area contributed by atoms with E-state index in [2.05, 4.69) is 18.4 Å². The highest BCUT2D eigenvalue weighted by Gasteiger charge is 2.20. The van der Waals surface area contributed by atoms with E-state index in [1.54, 1.807) is 0 Å². The predicted molar refractivity (Wildman–Crippen MR) is 73.6 cm³/mol. The molecule has 2 aromatic heterocycles. The fourth-order valence-corrected chi connectivity index (χ4v) is 2.24. The second kappa shape index (κ2) is 4.57. The van der Waals surface area contributed by atoms with Crippen molar-refractivity contribution in [3.8, 4) is 0 Å². The summed E-state index contributed by atoms with van der Waals surface area (Å²) >= 11 is 0. The summed E-state index contributed by atoms with van der Waals surface area (Å²) in [4.78, 5) is 0. The minimum Gasteiger partial charge on any atom is -0.464 e. The molecule has 98 valence electrons. The largest absolute Gasteiger partial charge is 0.464 e. The zero-order chi connectivity index (χ0) is 13.4. The van der Waals surface area contributed by atoms with Crippen LogP contribution in [0.25, 0.3) is 11.0 Å². The zero-order valence-corrected chi connectivity index (χ0v) is 10.9. The number of nitrogens with one attached hydrogen (secondary N) is 1. The van der Waals surface area contributed by atoms with Gasteiger partial charge in [0.15, 0.2) is 0 Å². The summed E-state index contributed by atoms with van der Waals surface area (Å²) in [5.41, 5.74) is 4.79. The van der Waals surface area contributed by atoms with Crippen molar-refractivity contribution >= 4 is 11.0 Å². The van der Waals surface area contributed by atoms with Crippen molar-refractivity contribution < 1.29 is 8.83 Å². The van der Waals surface area contributed by atoms with Crippen molar-refractivity contribution in [2.45, 2.75) is 19.9 Å². The van der Waals surface area contributed by atoms with Gasteiger partial charge in [0.05, 0.1) is 0 Å². The Morgan fingerprint density at radius 2 is 1.84 bits per heavy atom. The van der Waals surface area contributed by atoms with Gasteiger partial charge in [0.25, 0.3) is 0 Å². The number of aryl methyl sites for hydroxylation is 2. The fourth-order valence-electron chi connectivity index (χ4n) is 2.24. The van der Waals surface area contributed by atoms with Gasteiger partial charge in [-0.3, -0.25) is 5.84 Å². The van der Waals surface area contributed by atoms with Gasteiger partial charge in [0.2, 0.25) is 0 Å². The number of hydrogen-bond acceptors (Lipinski definition) is 4. The molecule has 1 aromatic carbocycles. The molecule has 0 radical (unpaired) electrons. The number of furan rings is 2. The molecule has 0 bridgehead atoms. The summed E-state index contributed by atoms with van der Waals surface area (Å²) in [5.74, 6) is 7.97. The van der Waals surface area contributed by atoms with E-state index in [9.17, 15) is 0 Å². The lowest BCUT2D eigenvalue weighted by atomic mass is 10.1. The van der Waals surface area contributed by atoms with Crippen LogP contribution >= 0.6 is 0 Å². The number of benzene rings is 1. The topological polar surface area (TPSA) is 64.3 Å². The Labute approximate surface area is 111 Å². The lowest BCUT2D eigenvalue weighted by Crippen LogP contribution is -2.28. The molecule has 1 atom stereocenters. The van der Waals surface area contributed by atoms with Crippen LogP contribution in [0.4, 0.5) is 0 Å². The van der Waals surface area contributed by atoms with Crippen molar-refractivity contribution in [2.75, 3.05) is 0 Å². The molecule has 0 saturated heterocycles. The van der Waals surface area contributed by atoms with Crippen LogP contribution in [0.15, 0.2) is 45.2 Å². The number of nitrogens with two attached hydrogens (primary N) is 1. The Bertz CT molecular complexity index is 712. The summed E-state index contributed by atoms with van der Waals surface area (Å²) in [6, 6.07) is 11.6. The lowest BCUT2D eigenvalue weighted by molar-refractivity contribution is 0.394. The third-order valence-electron chi connectivity index (χ3n) is 3.19.